The normalized spacial score (nSPS) is 12.1. The number of aromatic nitrogens is 3. The first-order valence-electron chi connectivity index (χ1n) is 6.64. The Morgan fingerprint density at radius 2 is 2.15 bits per heavy atom. The predicted molar refractivity (Wildman–Crippen MR) is 75.5 cm³/mol. The quantitative estimate of drug-likeness (QED) is 0.822. The lowest BCUT2D eigenvalue weighted by Gasteiger charge is -2.12. The second-order valence-electron chi connectivity index (χ2n) is 4.53. The van der Waals surface area contributed by atoms with Crippen molar-refractivity contribution in [1.82, 2.24) is 20.1 Å². The zero-order chi connectivity index (χ0) is 14.4. The van der Waals surface area contributed by atoms with Crippen LogP contribution in [0, 0.1) is 0 Å². The number of nitrogens with two attached hydrogens (primary N) is 1. The van der Waals surface area contributed by atoms with Gasteiger partial charge < -0.3 is 15.6 Å². The molecule has 1 atom stereocenters. The topological polar surface area (TPSA) is 85.8 Å². The van der Waals surface area contributed by atoms with Crippen LogP contribution in [0.5, 0.6) is 0 Å². The summed E-state index contributed by atoms with van der Waals surface area (Å²) in [5.74, 6) is 0.654. The number of nitrogens with one attached hydrogen (secondary N) is 1. The van der Waals surface area contributed by atoms with Crippen molar-refractivity contribution < 1.29 is 4.79 Å². The van der Waals surface area contributed by atoms with Crippen LogP contribution in [-0.2, 0) is 17.9 Å². The lowest BCUT2D eigenvalue weighted by molar-refractivity contribution is -0.121. The molecule has 0 aliphatic rings. The first-order valence-corrected chi connectivity index (χ1v) is 6.64. The molecule has 1 amide bonds. The van der Waals surface area contributed by atoms with Crippen molar-refractivity contribution in [2.75, 3.05) is 0 Å². The molecule has 1 aromatic heterocycles. The van der Waals surface area contributed by atoms with E-state index in [0.29, 0.717) is 6.54 Å². The van der Waals surface area contributed by atoms with Gasteiger partial charge in [-0.3, -0.25) is 4.79 Å². The molecule has 6 heteroatoms. The lowest BCUT2D eigenvalue weighted by atomic mass is 10.0. The summed E-state index contributed by atoms with van der Waals surface area (Å²) in [5, 5.41) is 10.6. The highest BCUT2D eigenvalue weighted by atomic mass is 16.1. The summed E-state index contributed by atoms with van der Waals surface area (Å²) in [6.45, 7) is 3.15. The molecule has 106 valence electrons. The average Bonchev–Trinajstić information content (AvgIpc) is 2.93. The summed E-state index contributed by atoms with van der Waals surface area (Å²) in [4.78, 5) is 11.9. The fourth-order valence-corrected chi connectivity index (χ4v) is 1.95. The first kappa shape index (κ1) is 14.2. The number of benzene rings is 1. The molecule has 0 fully saturated rings. The zero-order valence-electron chi connectivity index (χ0n) is 11.5. The van der Waals surface area contributed by atoms with Crippen molar-refractivity contribution >= 4 is 5.91 Å². The van der Waals surface area contributed by atoms with Gasteiger partial charge in [0.2, 0.25) is 5.91 Å². The fraction of sp³-hybridized carbons (Fsp3) is 0.357. The third-order valence-electron chi connectivity index (χ3n) is 3.11. The maximum atomic E-state index is 11.9. The lowest BCUT2D eigenvalue weighted by Crippen LogP contribution is -2.28. The molecule has 2 aromatic rings. The minimum atomic E-state index is -0.291. The summed E-state index contributed by atoms with van der Waals surface area (Å²) < 4.78 is 1.89. The van der Waals surface area contributed by atoms with E-state index in [1.165, 1.54) is 0 Å². The van der Waals surface area contributed by atoms with E-state index < -0.39 is 0 Å². The Kier molecular flexibility index (Phi) is 4.84. The molecular formula is C14H19N5O. The number of hydrogen-bond acceptors (Lipinski definition) is 4. The highest BCUT2D eigenvalue weighted by Gasteiger charge is 2.12. The number of amides is 1. The predicted octanol–water partition coefficient (Wildman–Crippen LogP) is 1.00. The Morgan fingerprint density at radius 3 is 2.85 bits per heavy atom. The molecule has 0 aliphatic heterocycles. The fourth-order valence-electron chi connectivity index (χ4n) is 1.95. The molecule has 1 aromatic carbocycles. The van der Waals surface area contributed by atoms with Crippen LogP contribution < -0.4 is 11.1 Å². The van der Waals surface area contributed by atoms with Crippen molar-refractivity contribution in [1.29, 1.82) is 0 Å². The van der Waals surface area contributed by atoms with Crippen molar-refractivity contribution in [2.24, 2.45) is 5.73 Å². The van der Waals surface area contributed by atoms with Crippen molar-refractivity contribution in [2.45, 2.75) is 32.5 Å². The molecule has 0 saturated carbocycles. The summed E-state index contributed by atoms with van der Waals surface area (Å²) in [6, 6.07) is 9.30. The highest BCUT2D eigenvalue weighted by Crippen LogP contribution is 2.12. The van der Waals surface area contributed by atoms with Crippen LogP contribution in [0.4, 0.5) is 0 Å². The van der Waals surface area contributed by atoms with E-state index in [0.717, 1.165) is 17.9 Å². The monoisotopic (exact) mass is 273 g/mol. The van der Waals surface area contributed by atoms with E-state index in [4.69, 9.17) is 5.73 Å². The van der Waals surface area contributed by atoms with E-state index in [1.807, 2.05) is 41.8 Å². The summed E-state index contributed by atoms with van der Waals surface area (Å²) in [7, 11) is 0. The van der Waals surface area contributed by atoms with E-state index in [-0.39, 0.29) is 18.4 Å². The van der Waals surface area contributed by atoms with Gasteiger partial charge in [0, 0.05) is 19.0 Å². The minimum absolute atomic E-state index is 0.0907. The third kappa shape index (κ3) is 3.64. The molecule has 1 heterocycles. The second kappa shape index (κ2) is 6.81. The summed E-state index contributed by atoms with van der Waals surface area (Å²) >= 11 is 0. The van der Waals surface area contributed by atoms with E-state index >= 15 is 0 Å². The minimum Gasteiger partial charge on any atom is -0.349 e. The van der Waals surface area contributed by atoms with Gasteiger partial charge in [0.1, 0.15) is 6.33 Å². The van der Waals surface area contributed by atoms with Gasteiger partial charge in [-0.1, -0.05) is 30.3 Å². The largest absolute Gasteiger partial charge is 0.349 e. The van der Waals surface area contributed by atoms with Crippen molar-refractivity contribution in [3.8, 4) is 0 Å². The van der Waals surface area contributed by atoms with E-state index in [2.05, 4.69) is 15.5 Å². The second-order valence-corrected chi connectivity index (χ2v) is 4.53. The summed E-state index contributed by atoms with van der Waals surface area (Å²) in [6.07, 6.45) is 1.90. The van der Waals surface area contributed by atoms with Crippen LogP contribution in [0.3, 0.4) is 0 Å². The molecule has 2 rings (SSSR count). The SMILES string of the molecule is CCn1cnnc1CNC(=O)CC(N)c1ccccc1. The van der Waals surface area contributed by atoms with E-state index in [1.54, 1.807) is 6.33 Å². The van der Waals surface area contributed by atoms with Gasteiger partial charge >= 0.3 is 0 Å². The van der Waals surface area contributed by atoms with Gasteiger partial charge in [-0.2, -0.15) is 0 Å². The standard InChI is InChI=1S/C14H19N5O/c1-2-19-10-17-18-13(19)9-16-14(20)8-12(15)11-6-4-3-5-7-11/h3-7,10,12H,2,8-9,15H2,1H3,(H,16,20). The van der Waals surface area contributed by atoms with Gasteiger partial charge in [0.25, 0.3) is 0 Å². The molecule has 0 spiro atoms. The zero-order valence-corrected chi connectivity index (χ0v) is 11.5. The average molecular weight is 273 g/mol. The third-order valence-corrected chi connectivity index (χ3v) is 3.11. The Hall–Kier alpha value is -2.21. The number of aryl methyl sites for hydroxylation is 1. The Balaban J connectivity index is 1.84. The van der Waals surface area contributed by atoms with E-state index in [9.17, 15) is 4.79 Å². The molecule has 0 bridgehead atoms. The van der Waals surface area contributed by atoms with Crippen LogP contribution in [0.1, 0.15) is 30.8 Å². The van der Waals surface area contributed by atoms with Crippen LogP contribution in [0.15, 0.2) is 36.7 Å². The number of carbonyl (C=O) groups is 1. The molecule has 3 N–H and O–H groups in total. The molecule has 0 saturated heterocycles. The van der Waals surface area contributed by atoms with Crippen LogP contribution >= 0.6 is 0 Å². The number of rotatable bonds is 6. The Bertz CT molecular complexity index is 552. The molecule has 0 radical (unpaired) electrons. The maximum Gasteiger partial charge on any atom is 0.222 e. The number of nitrogens with zero attached hydrogens (tertiary/aromatic N) is 3. The molecular weight excluding hydrogens is 254 g/mol. The van der Waals surface area contributed by atoms with Crippen molar-refractivity contribution in [3.63, 3.8) is 0 Å². The molecule has 6 nitrogen and oxygen atoms in total. The van der Waals surface area contributed by atoms with Gasteiger partial charge in [-0.05, 0) is 12.5 Å². The van der Waals surface area contributed by atoms with Gasteiger partial charge in [-0.15, -0.1) is 10.2 Å². The Labute approximate surface area is 118 Å². The smallest absolute Gasteiger partial charge is 0.222 e. The maximum absolute atomic E-state index is 11.9. The first-order chi connectivity index (χ1) is 9.70. The number of carbonyl (C=O) groups excluding carboxylic acids is 1. The van der Waals surface area contributed by atoms with Gasteiger partial charge in [-0.25, -0.2) is 0 Å². The molecule has 1 unspecified atom stereocenters. The van der Waals surface area contributed by atoms with Crippen molar-refractivity contribution in [3.05, 3.63) is 48.0 Å². The van der Waals surface area contributed by atoms with Gasteiger partial charge in [0.15, 0.2) is 5.82 Å². The van der Waals surface area contributed by atoms with Crippen LogP contribution in [0.2, 0.25) is 0 Å². The Morgan fingerprint density at radius 1 is 1.40 bits per heavy atom. The van der Waals surface area contributed by atoms with Crippen LogP contribution in [-0.4, -0.2) is 20.7 Å². The molecule has 0 aliphatic carbocycles. The van der Waals surface area contributed by atoms with Gasteiger partial charge in [0.05, 0.1) is 6.54 Å². The molecule has 20 heavy (non-hydrogen) atoms. The van der Waals surface area contributed by atoms with Crippen LogP contribution in [0.25, 0.3) is 0 Å². The summed E-state index contributed by atoms with van der Waals surface area (Å²) in [5.41, 5.74) is 6.96. The number of hydrogen-bond donors (Lipinski definition) is 2. The highest BCUT2D eigenvalue weighted by molar-refractivity contribution is 5.76.